The van der Waals surface area contributed by atoms with Crippen molar-refractivity contribution in [3.8, 4) is 22.8 Å². The summed E-state index contributed by atoms with van der Waals surface area (Å²) in [6.07, 6.45) is 1.53. The molecule has 0 aliphatic carbocycles. The molecule has 0 aliphatic rings. The molecule has 1 amide bonds. The molecule has 2 aromatic carbocycles. The number of hydrogen-bond donors (Lipinski definition) is 2. The lowest BCUT2D eigenvalue weighted by Crippen LogP contribution is -2.23. The van der Waals surface area contributed by atoms with Crippen molar-refractivity contribution in [1.29, 1.82) is 0 Å². The number of H-pyrrole nitrogens is 1. The zero-order chi connectivity index (χ0) is 18.5. The molecule has 0 radical (unpaired) electrons. The van der Waals surface area contributed by atoms with Crippen LogP contribution in [0.15, 0.2) is 48.7 Å². The van der Waals surface area contributed by atoms with Gasteiger partial charge in [-0.15, -0.1) is 0 Å². The first-order valence-electron chi connectivity index (χ1n) is 8.22. The molecule has 6 heteroatoms. The fourth-order valence-corrected chi connectivity index (χ4v) is 2.75. The van der Waals surface area contributed by atoms with Gasteiger partial charge >= 0.3 is 0 Å². The first kappa shape index (κ1) is 17.5. The number of rotatable bonds is 6. The Morgan fingerprint density at radius 3 is 2.62 bits per heavy atom. The number of aryl methyl sites for hydroxylation is 1. The van der Waals surface area contributed by atoms with Crippen LogP contribution in [-0.2, 0) is 6.54 Å². The van der Waals surface area contributed by atoms with E-state index in [0.29, 0.717) is 29.3 Å². The standard InChI is InChI=1S/C20H21N3O3/c1-13-6-4-5-7-15(13)11-21-20(24)16-12-22-23-19(16)14-8-9-17(25-2)18(10-14)26-3/h4-10,12H,11H2,1-3H3,(H,21,24)(H,22,23). The van der Waals surface area contributed by atoms with E-state index in [-0.39, 0.29) is 5.91 Å². The van der Waals surface area contributed by atoms with Crippen molar-refractivity contribution in [2.75, 3.05) is 14.2 Å². The van der Waals surface area contributed by atoms with Crippen molar-refractivity contribution in [3.05, 3.63) is 65.4 Å². The normalized spacial score (nSPS) is 10.4. The SMILES string of the molecule is COc1ccc(-c2[nH]ncc2C(=O)NCc2ccccc2C)cc1OC. The molecule has 3 aromatic rings. The third-order valence-corrected chi connectivity index (χ3v) is 4.26. The lowest BCUT2D eigenvalue weighted by Gasteiger charge is -2.10. The molecule has 0 bridgehead atoms. The fourth-order valence-electron chi connectivity index (χ4n) is 2.75. The van der Waals surface area contributed by atoms with Crippen molar-refractivity contribution in [3.63, 3.8) is 0 Å². The average molecular weight is 351 g/mol. The number of ether oxygens (including phenoxy) is 2. The molecule has 134 valence electrons. The molecule has 0 fully saturated rings. The number of aromatic amines is 1. The van der Waals surface area contributed by atoms with E-state index >= 15 is 0 Å². The minimum absolute atomic E-state index is 0.188. The molecule has 0 saturated heterocycles. The van der Waals surface area contributed by atoms with Crippen LogP contribution in [0.25, 0.3) is 11.3 Å². The highest BCUT2D eigenvalue weighted by atomic mass is 16.5. The molecule has 2 N–H and O–H groups in total. The van der Waals surface area contributed by atoms with Crippen molar-refractivity contribution in [1.82, 2.24) is 15.5 Å². The van der Waals surface area contributed by atoms with Crippen LogP contribution in [0.5, 0.6) is 11.5 Å². The first-order chi connectivity index (χ1) is 12.6. The Bertz CT molecular complexity index is 918. The van der Waals surface area contributed by atoms with E-state index in [2.05, 4.69) is 15.5 Å². The summed E-state index contributed by atoms with van der Waals surface area (Å²) in [5.41, 5.74) is 4.12. The number of hydrogen-bond acceptors (Lipinski definition) is 4. The number of carbonyl (C=O) groups excluding carboxylic acids is 1. The number of benzene rings is 2. The van der Waals surface area contributed by atoms with Crippen LogP contribution in [0.1, 0.15) is 21.5 Å². The van der Waals surface area contributed by atoms with E-state index in [1.54, 1.807) is 20.3 Å². The van der Waals surface area contributed by atoms with Crippen LogP contribution in [0.3, 0.4) is 0 Å². The summed E-state index contributed by atoms with van der Waals surface area (Å²) in [5, 5.41) is 9.88. The van der Waals surface area contributed by atoms with Gasteiger partial charge < -0.3 is 14.8 Å². The third kappa shape index (κ3) is 3.54. The molecule has 0 atom stereocenters. The number of methoxy groups -OCH3 is 2. The van der Waals surface area contributed by atoms with E-state index in [4.69, 9.17) is 9.47 Å². The molecular weight excluding hydrogens is 330 g/mol. The van der Waals surface area contributed by atoms with E-state index in [1.165, 1.54) is 6.20 Å². The number of amides is 1. The summed E-state index contributed by atoms with van der Waals surface area (Å²) >= 11 is 0. The third-order valence-electron chi connectivity index (χ3n) is 4.26. The second kappa shape index (κ2) is 7.74. The Morgan fingerprint density at radius 1 is 1.12 bits per heavy atom. The van der Waals surface area contributed by atoms with Crippen LogP contribution in [0, 0.1) is 6.92 Å². The second-order valence-electron chi connectivity index (χ2n) is 5.84. The number of nitrogens with zero attached hydrogens (tertiary/aromatic N) is 1. The van der Waals surface area contributed by atoms with Crippen LogP contribution in [0.4, 0.5) is 0 Å². The van der Waals surface area contributed by atoms with Gasteiger partial charge in [-0.3, -0.25) is 9.89 Å². The average Bonchev–Trinajstić information content (AvgIpc) is 3.16. The van der Waals surface area contributed by atoms with Gasteiger partial charge in [-0.25, -0.2) is 0 Å². The Kier molecular flexibility index (Phi) is 5.22. The molecule has 1 heterocycles. The van der Waals surface area contributed by atoms with E-state index in [1.807, 2.05) is 43.3 Å². The maximum Gasteiger partial charge on any atom is 0.255 e. The van der Waals surface area contributed by atoms with Gasteiger partial charge in [0, 0.05) is 12.1 Å². The minimum atomic E-state index is -0.188. The molecule has 26 heavy (non-hydrogen) atoms. The fraction of sp³-hybridized carbons (Fsp3) is 0.200. The zero-order valence-electron chi connectivity index (χ0n) is 15.0. The van der Waals surface area contributed by atoms with Crippen molar-refractivity contribution in [2.45, 2.75) is 13.5 Å². The van der Waals surface area contributed by atoms with Gasteiger partial charge in [0.05, 0.1) is 31.7 Å². The second-order valence-corrected chi connectivity index (χ2v) is 5.84. The molecule has 1 aromatic heterocycles. The Hall–Kier alpha value is -3.28. The highest BCUT2D eigenvalue weighted by Crippen LogP contribution is 2.32. The molecule has 6 nitrogen and oxygen atoms in total. The molecule has 0 unspecified atom stereocenters. The Labute approximate surface area is 152 Å². The van der Waals surface area contributed by atoms with Crippen LogP contribution < -0.4 is 14.8 Å². The van der Waals surface area contributed by atoms with E-state index in [9.17, 15) is 4.79 Å². The molecule has 0 saturated carbocycles. The lowest BCUT2D eigenvalue weighted by atomic mass is 10.1. The van der Waals surface area contributed by atoms with Gasteiger partial charge in [0.25, 0.3) is 5.91 Å². The minimum Gasteiger partial charge on any atom is -0.493 e. The summed E-state index contributed by atoms with van der Waals surface area (Å²) in [6, 6.07) is 13.4. The molecular formula is C20H21N3O3. The molecule has 0 spiro atoms. The predicted octanol–water partition coefficient (Wildman–Crippen LogP) is 3.33. The number of carbonyl (C=O) groups is 1. The van der Waals surface area contributed by atoms with Gasteiger partial charge in [0.15, 0.2) is 11.5 Å². The lowest BCUT2D eigenvalue weighted by molar-refractivity contribution is 0.0951. The van der Waals surface area contributed by atoms with Gasteiger partial charge in [0.1, 0.15) is 0 Å². The van der Waals surface area contributed by atoms with Crippen LogP contribution >= 0.6 is 0 Å². The van der Waals surface area contributed by atoms with Crippen LogP contribution in [-0.4, -0.2) is 30.3 Å². The molecule has 3 rings (SSSR count). The summed E-state index contributed by atoms with van der Waals surface area (Å²) in [5.74, 6) is 1.03. The van der Waals surface area contributed by atoms with Gasteiger partial charge in [-0.1, -0.05) is 24.3 Å². The smallest absolute Gasteiger partial charge is 0.255 e. The highest BCUT2D eigenvalue weighted by molar-refractivity contribution is 5.99. The van der Waals surface area contributed by atoms with Crippen molar-refractivity contribution < 1.29 is 14.3 Å². The summed E-state index contributed by atoms with van der Waals surface area (Å²) < 4.78 is 10.6. The van der Waals surface area contributed by atoms with Gasteiger partial charge in [-0.05, 0) is 36.2 Å². The monoisotopic (exact) mass is 351 g/mol. The maximum atomic E-state index is 12.6. The van der Waals surface area contributed by atoms with Gasteiger partial charge in [-0.2, -0.15) is 5.10 Å². The maximum absolute atomic E-state index is 12.6. The number of aromatic nitrogens is 2. The quantitative estimate of drug-likeness (QED) is 0.714. The Balaban J connectivity index is 1.82. The predicted molar refractivity (Wildman–Crippen MR) is 99.5 cm³/mol. The van der Waals surface area contributed by atoms with Gasteiger partial charge in [0.2, 0.25) is 0 Å². The largest absolute Gasteiger partial charge is 0.493 e. The number of nitrogens with one attached hydrogen (secondary N) is 2. The summed E-state index contributed by atoms with van der Waals surface area (Å²) in [6.45, 7) is 2.48. The molecule has 0 aliphatic heterocycles. The topological polar surface area (TPSA) is 76.2 Å². The summed E-state index contributed by atoms with van der Waals surface area (Å²) in [7, 11) is 3.16. The van der Waals surface area contributed by atoms with Crippen LogP contribution in [0.2, 0.25) is 0 Å². The Morgan fingerprint density at radius 2 is 1.88 bits per heavy atom. The zero-order valence-corrected chi connectivity index (χ0v) is 15.0. The highest BCUT2D eigenvalue weighted by Gasteiger charge is 2.17. The van der Waals surface area contributed by atoms with E-state index < -0.39 is 0 Å². The van der Waals surface area contributed by atoms with Crippen molar-refractivity contribution in [2.24, 2.45) is 0 Å². The van der Waals surface area contributed by atoms with E-state index in [0.717, 1.165) is 16.7 Å². The first-order valence-corrected chi connectivity index (χ1v) is 8.22. The summed E-state index contributed by atoms with van der Waals surface area (Å²) in [4.78, 5) is 12.6. The van der Waals surface area contributed by atoms with Crippen molar-refractivity contribution >= 4 is 5.91 Å².